The summed E-state index contributed by atoms with van der Waals surface area (Å²) in [4.78, 5) is 17.9. The Morgan fingerprint density at radius 2 is 1.65 bits per heavy atom. The SMILES string of the molecule is COc1ccc2c(c1)C(=Cc1c(C(F)(F)F)[nH]n(-c3ccccc3)c1=O)C(c1ccccc1)=N2. The number of hydrogen-bond donors (Lipinski definition) is 1. The summed E-state index contributed by atoms with van der Waals surface area (Å²) in [5, 5.41) is 2.25. The molecular weight excluding hydrogens is 443 g/mol. The summed E-state index contributed by atoms with van der Waals surface area (Å²) in [5.74, 6) is 0.529. The second kappa shape index (κ2) is 8.22. The van der Waals surface area contributed by atoms with Gasteiger partial charge in [-0.2, -0.15) is 13.2 Å². The van der Waals surface area contributed by atoms with Gasteiger partial charge < -0.3 is 4.74 Å². The smallest absolute Gasteiger partial charge is 0.433 e. The molecule has 1 aliphatic heterocycles. The summed E-state index contributed by atoms with van der Waals surface area (Å²) < 4.78 is 48.2. The van der Waals surface area contributed by atoms with E-state index in [2.05, 4.69) is 10.1 Å². The molecule has 0 fully saturated rings. The van der Waals surface area contributed by atoms with Crippen LogP contribution in [0.3, 0.4) is 0 Å². The third-order valence-corrected chi connectivity index (χ3v) is 5.54. The molecule has 8 heteroatoms. The minimum absolute atomic E-state index is 0.299. The topological polar surface area (TPSA) is 59.4 Å². The van der Waals surface area contributed by atoms with Crippen molar-refractivity contribution in [1.29, 1.82) is 0 Å². The van der Waals surface area contributed by atoms with Crippen LogP contribution in [0, 0.1) is 0 Å². The zero-order valence-corrected chi connectivity index (χ0v) is 17.9. The molecule has 0 saturated heterocycles. The molecule has 0 radical (unpaired) electrons. The molecule has 0 bridgehead atoms. The molecule has 2 heterocycles. The second-order valence-electron chi connectivity index (χ2n) is 7.64. The van der Waals surface area contributed by atoms with Gasteiger partial charge in [-0.15, -0.1) is 0 Å². The highest BCUT2D eigenvalue weighted by Gasteiger charge is 2.38. The zero-order valence-electron chi connectivity index (χ0n) is 17.9. The van der Waals surface area contributed by atoms with Gasteiger partial charge in [0.1, 0.15) is 11.4 Å². The zero-order chi connectivity index (χ0) is 23.9. The van der Waals surface area contributed by atoms with Gasteiger partial charge in [0.05, 0.1) is 29.8 Å². The van der Waals surface area contributed by atoms with Gasteiger partial charge in [-0.25, -0.2) is 9.67 Å². The molecule has 5 nitrogen and oxygen atoms in total. The summed E-state index contributed by atoms with van der Waals surface area (Å²) in [5.41, 5.74) is 0.629. The van der Waals surface area contributed by atoms with Crippen LogP contribution in [0.2, 0.25) is 0 Å². The third-order valence-electron chi connectivity index (χ3n) is 5.54. The van der Waals surface area contributed by atoms with E-state index in [4.69, 9.17) is 4.74 Å². The number of benzene rings is 3. The van der Waals surface area contributed by atoms with Gasteiger partial charge in [0, 0.05) is 16.7 Å². The summed E-state index contributed by atoms with van der Waals surface area (Å²) >= 11 is 0. The number of fused-ring (bicyclic) bond motifs is 1. The molecule has 5 rings (SSSR count). The Morgan fingerprint density at radius 3 is 2.29 bits per heavy atom. The van der Waals surface area contributed by atoms with Crippen LogP contribution in [0.5, 0.6) is 5.75 Å². The maximum atomic E-state index is 14.0. The van der Waals surface area contributed by atoms with Crippen molar-refractivity contribution in [2.24, 2.45) is 4.99 Å². The predicted octanol–water partition coefficient (Wildman–Crippen LogP) is 5.87. The molecule has 4 aromatic rings. The third kappa shape index (κ3) is 3.73. The average Bonchev–Trinajstić information content (AvgIpc) is 3.38. The van der Waals surface area contributed by atoms with Gasteiger partial charge in [-0.3, -0.25) is 9.89 Å². The van der Waals surface area contributed by atoms with Crippen LogP contribution >= 0.6 is 0 Å². The van der Waals surface area contributed by atoms with E-state index in [1.165, 1.54) is 13.2 Å². The Kier molecular flexibility index (Phi) is 5.20. The minimum Gasteiger partial charge on any atom is -0.497 e. The largest absolute Gasteiger partial charge is 0.497 e. The number of alkyl halides is 3. The molecule has 3 aromatic carbocycles. The Hall–Kier alpha value is -4.33. The summed E-state index contributed by atoms with van der Waals surface area (Å²) in [6.45, 7) is 0. The summed E-state index contributed by atoms with van der Waals surface area (Å²) in [6.07, 6.45) is -3.51. The number of aromatic nitrogens is 2. The molecule has 170 valence electrons. The molecular formula is C26H18F3N3O2. The van der Waals surface area contributed by atoms with Gasteiger partial charge in [-0.1, -0.05) is 48.5 Å². The molecule has 1 aliphatic rings. The standard InChI is InChI=1S/C26H18F3N3O2/c1-34-18-12-13-22-19(14-18)20(23(30-22)16-8-4-2-5-9-16)15-21-24(26(27,28)29)31-32(25(21)33)17-10-6-3-7-11-17/h2-15,31H,1H3. The van der Waals surface area contributed by atoms with Crippen molar-refractivity contribution in [3.63, 3.8) is 0 Å². The van der Waals surface area contributed by atoms with E-state index >= 15 is 0 Å². The monoisotopic (exact) mass is 461 g/mol. The van der Waals surface area contributed by atoms with Crippen molar-refractivity contribution < 1.29 is 17.9 Å². The maximum Gasteiger partial charge on any atom is 0.433 e. The number of halogens is 3. The highest BCUT2D eigenvalue weighted by Crippen LogP contribution is 2.41. The molecule has 34 heavy (non-hydrogen) atoms. The molecule has 0 spiro atoms. The van der Waals surface area contributed by atoms with Gasteiger partial charge in [0.15, 0.2) is 0 Å². The van der Waals surface area contributed by atoms with Crippen LogP contribution in [0.1, 0.15) is 22.4 Å². The van der Waals surface area contributed by atoms with Crippen molar-refractivity contribution in [2.75, 3.05) is 7.11 Å². The van der Waals surface area contributed by atoms with E-state index in [-0.39, 0.29) is 0 Å². The first-order valence-electron chi connectivity index (χ1n) is 10.4. The number of nitrogens with one attached hydrogen (secondary N) is 1. The Morgan fingerprint density at radius 1 is 0.971 bits per heavy atom. The van der Waals surface area contributed by atoms with Crippen LogP contribution in [0.4, 0.5) is 18.9 Å². The van der Waals surface area contributed by atoms with E-state index in [9.17, 15) is 18.0 Å². The lowest BCUT2D eigenvalue weighted by atomic mass is 9.95. The van der Waals surface area contributed by atoms with Crippen molar-refractivity contribution in [3.8, 4) is 11.4 Å². The van der Waals surface area contributed by atoms with Gasteiger partial charge >= 0.3 is 6.18 Å². The fourth-order valence-electron chi connectivity index (χ4n) is 3.93. The van der Waals surface area contributed by atoms with E-state index in [0.717, 1.165) is 10.2 Å². The van der Waals surface area contributed by atoms with E-state index < -0.39 is 23.0 Å². The number of H-pyrrole nitrogens is 1. The minimum atomic E-state index is -4.77. The quantitative estimate of drug-likeness (QED) is 0.413. The Bertz CT molecular complexity index is 1480. The number of nitrogens with zero attached hydrogens (tertiary/aromatic N) is 2. The van der Waals surface area contributed by atoms with Gasteiger partial charge in [0.2, 0.25) is 0 Å². The number of ether oxygens (including phenoxy) is 1. The fraction of sp³-hybridized carbons (Fsp3) is 0.0769. The van der Waals surface area contributed by atoms with Crippen LogP contribution in [0.25, 0.3) is 17.3 Å². The molecule has 1 aromatic heterocycles. The van der Waals surface area contributed by atoms with E-state index in [1.807, 2.05) is 30.3 Å². The normalized spacial score (nSPS) is 14.2. The highest BCUT2D eigenvalue weighted by atomic mass is 19.4. The van der Waals surface area contributed by atoms with Crippen molar-refractivity contribution >= 4 is 23.0 Å². The molecule has 0 amide bonds. The number of methoxy groups -OCH3 is 1. The summed E-state index contributed by atoms with van der Waals surface area (Å²) in [7, 11) is 1.51. The van der Waals surface area contributed by atoms with Gasteiger partial charge in [0.25, 0.3) is 5.56 Å². The van der Waals surface area contributed by atoms with E-state index in [0.29, 0.717) is 34.0 Å². The molecule has 0 aliphatic carbocycles. The van der Waals surface area contributed by atoms with Crippen LogP contribution < -0.4 is 10.3 Å². The number of hydrogen-bond acceptors (Lipinski definition) is 3. The van der Waals surface area contributed by atoms with Crippen LogP contribution in [-0.4, -0.2) is 22.6 Å². The molecule has 0 atom stereocenters. The number of aliphatic imine (C=N–C) groups is 1. The Labute approximate surface area is 192 Å². The second-order valence-corrected chi connectivity index (χ2v) is 7.64. The first-order chi connectivity index (χ1) is 16.4. The number of aromatic amines is 1. The number of para-hydroxylation sites is 1. The first-order valence-corrected chi connectivity index (χ1v) is 10.4. The van der Waals surface area contributed by atoms with Crippen molar-refractivity contribution in [2.45, 2.75) is 6.18 Å². The summed E-state index contributed by atoms with van der Waals surface area (Å²) in [6, 6.07) is 22.4. The van der Waals surface area contributed by atoms with Crippen LogP contribution in [0.15, 0.2) is 88.6 Å². The fourth-order valence-corrected chi connectivity index (χ4v) is 3.93. The predicted molar refractivity (Wildman–Crippen MR) is 125 cm³/mol. The molecule has 0 unspecified atom stereocenters. The lowest BCUT2D eigenvalue weighted by Gasteiger charge is -2.08. The van der Waals surface area contributed by atoms with Crippen LogP contribution in [-0.2, 0) is 6.18 Å². The highest BCUT2D eigenvalue weighted by molar-refractivity contribution is 6.39. The lowest BCUT2D eigenvalue weighted by molar-refractivity contribution is -0.141. The number of allylic oxidation sites excluding steroid dienone is 1. The molecule has 1 N–H and O–H groups in total. The first kappa shape index (κ1) is 21.5. The Balaban J connectivity index is 1.77. The maximum absolute atomic E-state index is 14.0. The average molecular weight is 461 g/mol. The number of rotatable bonds is 4. The van der Waals surface area contributed by atoms with E-state index in [1.54, 1.807) is 48.5 Å². The lowest BCUT2D eigenvalue weighted by Crippen LogP contribution is -2.16. The van der Waals surface area contributed by atoms with Crippen molar-refractivity contribution in [3.05, 3.63) is 112 Å². The van der Waals surface area contributed by atoms with Gasteiger partial charge in [-0.05, 0) is 36.4 Å². The molecule has 0 saturated carbocycles. The van der Waals surface area contributed by atoms with Crippen molar-refractivity contribution in [1.82, 2.24) is 9.78 Å².